The molecule has 6 heteroatoms. The molecule has 0 bridgehead atoms. The van der Waals surface area contributed by atoms with Gasteiger partial charge in [0.1, 0.15) is 0 Å². The summed E-state index contributed by atoms with van der Waals surface area (Å²) < 4.78 is 5.51. The predicted molar refractivity (Wildman–Crippen MR) is 370 cm³/mol. The van der Waals surface area contributed by atoms with Crippen molar-refractivity contribution in [2.24, 2.45) is 0 Å². The van der Waals surface area contributed by atoms with Crippen LogP contribution in [0.1, 0.15) is 425 Å². The molecule has 2 unspecified atom stereocenters. The zero-order valence-corrected chi connectivity index (χ0v) is 56.9. The van der Waals surface area contributed by atoms with Gasteiger partial charge in [-0.2, -0.15) is 0 Å². The maximum atomic E-state index is 12.5. The minimum absolute atomic E-state index is 0.0165. The average molecular weight is 1180 g/mol. The van der Waals surface area contributed by atoms with Gasteiger partial charge in [0.15, 0.2) is 0 Å². The summed E-state index contributed by atoms with van der Waals surface area (Å²) in [7, 11) is 0. The van der Waals surface area contributed by atoms with Gasteiger partial charge in [0.2, 0.25) is 5.91 Å². The summed E-state index contributed by atoms with van der Waals surface area (Å²) in [5, 5.41) is 23.2. The van der Waals surface area contributed by atoms with Gasteiger partial charge in [-0.15, -0.1) is 0 Å². The molecule has 84 heavy (non-hydrogen) atoms. The lowest BCUT2D eigenvalue weighted by Gasteiger charge is -2.20. The molecule has 0 spiro atoms. The number of allylic oxidation sites excluding steroid dienone is 5. The smallest absolute Gasteiger partial charge is 0.305 e. The Morgan fingerprint density at radius 1 is 0.321 bits per heavy atom. The normalized spacial score (nSPS) is 12.7. The number of aliphatic hydroxyl groups excluding tert-OH is 2. The van der Waals surface area contributed by atoms with Crippen molar-refractivity contribution in [3.8, 4) is 0 Å². The van der Waals surface area contributed by atoms with E-state index in [0.717, 1.165) is 38.5 Å². The van der Waals surface area contributed by atoms with Gasteiger partial charge in [-0.1, -0.05) is 365 Å². The van der Waals surface area contributed by atoms with E-state index in [0.29, 0.717) is 19.4 Å². The van der Waals surface area contributed by atoms with Crippen LogP contribution in [-0.2, 0) is 14.3 Å². The first-order valence-corrected chi connectivity index (χ1v) is 38.3. The highest BCUT2D eigenvalue weighted by Gasteiger charge is 2.18. The molecule has 0 aliphatic heterocycles. The highest BCUT2D eigenvalue weighted by atomic mass is 16.5. The summed E-state index contributed by atoms with van der Waals surface area (Å²) in [4.78, 5) is 24.6. The first-order valence-electron chi connectivity index (χ1n) is 38.3. The van der Waals surface area contributed by atoms with E-state index >= 15 is 0 Å². The van der Waals surface area contributed by atoms with E-state index in [9.17, 15) is 19.8 Å². The summed E-state index contributed by atoms with van der Waals surface area (Å²) in [6.45, 7) is 4.94. The SMILES string of the molecule is CCCCCCCC/C=C\CCCCCCCCCCCC(=O)OCCCCCCCCCCCCCC/C=C\CCCCCCCCCCCCCCCC(=O)NC(CO)C(O)/C=C/CCCCCCCCCCCCCCCCCCC. The summed E-state index contributed by atoms with van der Waals surface area (Å²) in [5.41, 5.74) is 0. The molecule has 2 atom stereocenters. The molecule has 1 amide bonds. The van der Waals surface area contributed by atoms with Crippen molar-refractivity contribution in [1.29, 1.82) is 0 Å². The van der Waals surface area contributed by atoms with Crippen LogP contribution in [0.3, 0.4) is 0 Å². The molecule has 0 aliphatic carbocycles. The van der Waals surface area contributed by atoms with E-state index < -0.39 is 12.1 Å². The van der Waals surface area contributed by atoms with Gasteiger partial charge in [-0.05, 0) is 83.5 Å². The Kier molecular flexibility index (Phi) is 71.9. The Hall–Kier alpha value is -1.92. The largest absolute Gasteiger partial charge is 0.466 e. The monoisotopic (exact) mass is 1180 g/mol. The van der Waals surface area contributed by atoms with Crippen LogP contribution >= 0.6 is 0 Å². The molecule has 0 heterocycles. The lowest BCUT2D eigenvalue weighted by Crippen LogP contribution is -2.45. The van der Waals surface area contributed by atoms with Crippen molar-refractivity contribution in [2.45, 2.75) is 437 Å². The minimum Gasteiger partial charge on any atom is -0.466 e. The van der Waals surface area contributed by atoms with Crippen molar-refractivity contribution in [1.82, 2.24) is 5.32 Å². The van der Waals surface area contributed by atoms with Crippen molar-refractivity contribution in [3.63, 3.8) is 0 Å². The van der Waals surface area contributed by atoms with Crippen LogP contribution in [-0.4, -0.2) is 47.4 Å². The molecular formula is C78H149NO5. The summed E-state index contributed by atoms with van der Waals surface area (Å²) in [5.74, 6) is -0.0470. The van der Waals surface area contributed by atoms with E-state index in [2.05, 4.69) is 43.5 Å². The van der Waals surface area contributed by atoms with Crippen molar-refractivity contribution in [2.75, 3.05) is 13.2 Å². The Balaban J connectivity index is 3.38. The van der Waals surface area contributed by atoms with Crippen LogP contribution in [0.4, 0.5) is 0 Å². The number of hydrogen-bond donors (Lipinski definition) is 3. The summed E-state index contributed by atoms with van der Waals surface area (Å²) in [6.07, 6.45) is 95.3. The molecule has 0 saturated carbocycles. The topological polar surface area (TPSA) is 95.9 Å². The molecule has 0 rings (SSSR count). The molecule has 0 saturated heterocycles. The Morgan fingerprint density at radius 2 is 0.560 bits per heavy atom. The number of unbranched alkanes of at least 4 members (excludes halogenated alkanes) is 57. The van der Waals surface area contributed by atoms with E-state index in [1.807, 2.05) is 6.08 Å². The number of carbonyl (C=O) groups excluding carboxylic acids is 2. The first-order chi connectivity index (χ1) is 41.5. The number of esters is 1. The number of nitrogens with one attached hydrogen (secondary N) is 1. The van der Waals surface area contributed by atoms with Gasteiger partial charge in [-0.25, -0.2) is 0 Å². The maximum absolute atomic E-state index is 12.5. The van der Waals surface area contributed by atoms with Gasteiger partial charge in [-0.3, -0.25) is 9.59 Å². The second-order valence-corrected chi connectivity index (χ2v) is 26.3. The lowest BCUT2D eigenvalue weighted by molar-refractivity contribution is -0.143. The van der Waals surface area contributed by atoms with Crippen LogP contribution in [0.2, 0.25) is 0 Å². The van der Waals surface area contributed by atoms with Gasteiger partial charge in [0.25, 0.3) is 0 Å². The van der Waals surface area contributed by atoms with Crippen LogP contribution in [0.25, 0.3) is 0 Å². The predicted octanol–water partition coefficient (Wildman–Crippen LogP) is 25.0. The molecule has 0 radical (unpaired) electrons. The number of amides is 1. The molecule has 0 aliphatic rings. The lowest BCUT2D eigenvalue weighted by atomic mass is 10.0. The minimum atomic E-state index is -0.845. The van der Waals surface area contributed by atoms with E-state index in [1.54, 1.807) is 6.08 Å². The molecule has 0 aromatic carbocycles. The molecule has 496 valence electrons. The van der Waals surface area contributed by atoms with E-state index in [1.165, 1.54) is 360 Å². The van der Waals surface area contributed by atoms with Crippen molar-refractivity contribution >= 4 is 11.9 Å². The van der Waals surface area contributed by atoms with Gasteiger partial charge >= 0.3 is 5.97 Å². The van der Waals surface area contributed by atoms with Gasteiger partial charge in [0.05, 0.1) is 25.4 Å². The van der Waals surface area contributed by atoms with Gasteiger partial charge in [0, 0.05) is 12.8 Å². The fourth-order valence-corrected chi connectivity index (χ4v) is 12.0. The molecular weight excluding hydrogens is 1030 g/mol. The van der Waals surface area contributed by atoms with E-state index in [4.69, 9.17) is 4.74 Å². The highest BCUT2D eigenvalue weighted by Crippen LogP contribution is 2.19. The Bertz CT molecular complexity index is 1360. The number of aliphatic hydroxyl groups is 2. The quantitative estimate of drug-likeness (QED) is 0.0320. The Labute approximate surface area is 525 Å². The number of rotatable bonds is 72. The number of carbonyl (C=O) groups is 2. The zero-order chi connectivity index (χ0) is 60.6. The van der Waals surface area contributed by atoms with Crippen LogP contribution in [0.5, 0.6) is 0 Å². The zero-order valence-electron chi connectivity index (χ0n) is 56.9. The van der Waals surface area contributed by atoms with Gasteiger partial charge < -0.3 is 20.3 Å². The molecule has 0 aromatic rings. The van der Waals surface area contributed by atoms with Crippen LogP contribution < -0.4 is 5.32 Å². The average Bonchev–Trinajstić information content (AvgIpc) is 3.51. The first kappa shape index (κ1) is 82.1. The third kappa shape index (κ3) is 69.2. The molecule has 3 N–H and O–H groups in total. The highest BCUT2D eigenvalue weighted by molar-refractivity contribution is 5.76. The number of ether oxygens (including phenoxy) is 1. The fraction of sp³-hybridized carbons (Fsp3) is 0.897. The van der Waals surface area contributed by atoms with E-state index in [-0.39, 0.29) is 18.5 Å². The van der Waals surface area contributed by atoms with Crippen molar-refractivity contribution in [3.05, 3.63) is 36.5 Å². The number of hydrogen-bond acceptors (Lipinski definition) is 5. The maximum Gasteiger partial charge on any atom is 0.305 e. The fourth-order valence-electron chi connectivity index (χ4n) is 12.0. The summed E-state index contributed by atoms with van der Waals surface area (Å²) >= 11 is 0. The second kappa shape index (κ2) is 73.5. The molecule has 0 fully saturated rings. The van der Waals surface area contributed by atoms with Crippen LogP contribution in [0, 0.1) is 0 Å². The summed E-state index contributed by atoms with van der Waals surface area (Å²) in [6, 6.07) is -0.628. The third-order valence-corrected chi connectivity index (χ3v) is 17.9. The third-order valence-electron chi connectivity index (χ3n) is 17.9. The molecule has 6 nitrogen and oxygen atoms in total. The standard InChI is InChI=1S/C78H149NO5/c1-3-5-7-9-11-13-15-17-19-21-34-38-42-46-50-54-58-62-66-70-76(81)75(74-80)79-77(82)71-67-63-59-55-51-47-43-39-36-32-30-28-26-24-23-25-27-29-31-33-37-41-45-49-53-57-61-65-69-73-84-78(83)72-68-64-60-56-52-48-44-40-35-22-20-18-16-14-12-10-8-6-4-2/h18,20,23,25,66,70,75-76,80-81H,3-17,19,21-22,24,26-65,67-69,71-74H2,1-2H3,(H,79,82)/b20-18-,25-23-,70-66+. The Morgan fingerprint density at radius 3 is 0.845 bits per heavy atom. The van der Waals surface area contributed by atoms with Crippen LogP contribution in [0.15, 0.2) is 36.5 Å². The van der Waals surface area contributed by atoms with Crippen molar-refractivity contribution < 1.29 is 24.5 Å². The molecule has 0 aromatic heterocycles. The second-order valence-electron chi connectivity index (χ2n) is 26.3.